The number of amides is 1. The minimum atomic E-state index is -1.44. The number of carbonyl (C=O) groups excluding carboxylic acids is 1. The Morgan fingerprint density at radius 1 is 1.00 bits per heavy atom. The number of hydrogen-bond donors (Lipinski definition) is 2. The summed E-state index contributed by atoms with van der Waals surface area (Å²) in [5.74, 6) is -1.31. The van der Waals surface area contributed by atoms with E-state index in [1.807, 2.05) is 67.6 Å². The number of carboxylic acids is 1. The first kappa shape index (κ1) is 22.0. The molecular formula is C25H24N4O4. The molecule has 0 bridgehead atoms. The number of aliphatic carboxylic acids is 1. The number of rotatable bonds is 7. The molecule has 8 heteroatoms. The summed E-state index contributed by atoms with van der Waals surface area (Å²) in [6.45, 7) is 4.80. The third-order valence-corrected chi connectivity index (χ3v) is 5.30. The molecule has 2 N–H and O–H groups in total. The Labute approximate surface area is 190 Å². The number of aryl methyl sites for hydroxylation is 1. The van der Waals surface area contributed by atoms with E-state index >= 15 is 0 Å². The van der Waals surface area contributed by atoms with Crippen LogP contribution in [-0.2, 0) is 11.4 Å². The number of para-hydroxylation sites is 1. The van der Waals surface area contributed by atoms with Crippen molar-refractivity contribution in [2.75, 3.05) is 0 Å². The Hall–Kier alpha value is -4.20. The third kappa shape index (κ3) is 4.55. The zero-order chi connectivity index (χ0) is 23.6. The van der Waals surface area contributed by atoms with Crippen LogP contribution < -0.4 is 10.1 Å². The molecule has 3 aromatic carbocycles. The van der Waals surface area contributed by atoms with Crippen molar-refractivity contribution in [3.8, 4) is 11.4 Å². The smallest absolute Gasteiger partial charge is 0.328 e. The van der Waals surface area contributed by atoms with Crippen molar-refractivity contribution in [3.05, 3.63) is 83.7 Å². The van der Waals surface area contributed by atoms with Gasteiger partial charge in [0.2, 0.25) is 0 Å². The quantitative estimate of drug-likeness (QED) is 0.448. The second kappa shape index (κ2) is 8.74. The average Bonchev–Trinajstić information content (AvgIpc) is 3.18. The molecule has 1 amide bonds. The Morgan fingerprint density at radius 3 is 2.42 bits per heavy atom. The Morgan fingerprint density at radius 2 is 1.70 bits per heavy atom. The van der Waals surface area contributed by atoms with Crippen LogP contribution >= 0.6 is 0 Å². The summed E-state index contributed by atoms with van der Waals surface area (Å²) in [6, 6.07) is 20.5. The summed E-state index contributed by atoms with van der Waals surface area (Å²) in [4.78, 5) is 26.0. The van der Waals surface area contributed by atoms with Crippen LogP contribution in [0.5, 0.6) is 5.75 Å². The van der Waals surface area contributed by atoms with Crippen molar-refractivity contribution < 1.29 is 19.4 Å². The van der Waals surface area contributed by atoms with E-state index in [1.54, 1.807) is 10.9 Å². The zero-order valence-corrected chi connectivity index (χ0v) is 18.6. The fraction of sp³-hybridized carbons (Fsp3) is 0.200. The molecule has 4 aromatic rings. The van der Waals surface area contributed by atoms with Gasteiger partial charge in [0.1, 0.15) is 23.6 Å². The largest absolute Gasteiger partial charge is 0.486 e. The number of nitrogens with zero attached hydrogens (tertiary/aromatic N) is 3. The molecule has 0 radical (unpaired) electrons. The topological polar surface area (TPSA) is 106 Å². The number of nitrogens with one attached hydrogen (secondary N) is 1. The van der Waals surface area contributed by atoms with Crippen LogP contribution in [0, 0.1) is 6.92 Å². The van der Waals surface area contributed by atoms with Gasteiger partial charge in [-0.1, -0.05) is 48.5 Å². The van der Waals surface area contributed by atoms with Gasteiger partial charge in [0.25, 0.3) is 5.91 Å². The predicted octanol–water partition coefficient (Wildman–Crippen LogP) is 3.90. The Bertz CT molecular complexity index is 1330. The van der Waals surface area contributed by atoms with E-state index in [0.29, 0.717) is 17.1 Å². The molecule has 168 valence electrons. The normalized spacial score (nSPS) is 11.4. The molecular weight excluding hydrogens is 420 g/mol. The van der Waals surface area contributed by atoms with Crippen LogP contribution in [0.1, 0.15) is 35.6 Å². The SMILES string of the molecule is Cc1nn(-c2ccccc2)nc1COc1c(C(=O)NC(C)(C)C(=O)O)ccc2ccccc12. The molecule has 0 aliphatic heterocycles. The van der Waals surface area contributed by atoms with Gasteiger partial charge in [-0.05, 0) is 44.4 Å². The van der Waals surface area contributed by atoms with Gasteiger partial charge in [-0.15, -0.1) is 5.10 Å². The van der Waals surface area contributed by atoms with Gasteiger partial charge in [0.15, 0.2) is 0 Å². The van der Waals surface area contributed by atoms with E-state index in [2.05, 4.69) is 15.5 Å². The minimum absolute atomic E-state index is 0.0925. The molecule has 0 atom stereocenters. The number of ether oxygens (including phenoxy) is 1. The van der Waals surface area contributed by atoms with Gasteiger partial charge in [0, 0.05) is 5.39 Å². The van der Waals surface area contributed by atoms with Crippen LogP contribution in [0.3, 0.4) is 0 Å². The minimum Gasteiger partial charge on any atom is -0.486 e. The van der Waals surface area contributed by atoms with Crippen molar-refractivity contribution in [1.82, 2.24) is 20.3 Å². The lowest BCUT2D eigenvalue weighted by molar-refractivity contribution is -0.143. The van der Waals surface area contributed by atoms with Gasteiger partial charge in [-0.3, -0.25) is 4.79 Å². The van der Waals surface area contributed by atoms with E-state index in [4.69, 9.17) is 4.74 Å². The lowest BCUT2D eigenvalue weighted by Crippen LogP contribution is -2.49. The summed E-state index contributed by atoms with van der Waals surface area (Å²) in [7, 11) is 0. The number of aromatic nitrogens is 3. The van der Waals surface area contributed by atoms with Crippen molar-refractivity contribution in [2.24, 2.45) is 0 Å². The molecule has 0 saturated carbocycles. The first-order valence-corrected chi connectivity index (χ1v) is 10.4. The Balaban J connectivity index is 1.67. The van der Waals surface area contributed by atoms with Crippen molar-refractivity contribution in [3.63, 3.8) is 0 Å². The maximum absolute atomic E-state index is 13.0. The maximum atomic E-state index is 13.0. The summed E-state index contributed by atoms with van der Waals surface area (Å²) in [5, 5.41) is 22.6. The lowest BCUT2D eigenvalue weighted by atomic mass is 10.0. The van der Waals surface area contributed by atoms with E-state index in [0.717, 1.165) is 16.5 Å². The molecule has 0 unspecified atom stereocenters. The molecule has 0 aliphatic rings. The van der Waals surface area contributed by atoms with E-state index < -0.39 is 17.4 Å². The second-order valence-corrected chi connectivity index (χ2v) is 8.19. The van der Waals surface area contributed by atoms with E-state index in [1.165, 1.54) is 13.8 Å². The first-order chi connectivity index (χ1) is 15.8. The Kier molecular flexibility index (Phi) is 5.83. The lowest BCUT2D eigenvalue weighted by Gasteiger charge is -2.22. The fourth-order valence-electron chi connectivity index (χ4n) is 3.34. The highest BCUT2D eigenvalue weighted by atomic mass is 16.5. The van der Waals surface area contributed by atoms with Crippen molar-refractivity contribution in [1.29, 1.82) is 0 Å². The molecule has 33 heavy (non-hydrogen) atoms. The van der Waals surface area contributed by atoms with Crippen LogP contribution in [0.2, 0.25) is 0 Å². The van der Waals surface area contributed by atoms with Crippen LogP contribution in [0.4, 0.5) is 0 Å². The number of hydrogen-bond acceptors (Lipinski definition) is 5. The summed E-state index contributed by atoms with van der Waals surface area (Å²) in [5.41, 5.74) is 0.972. The zero-order valence-electron chi connectivity index (χ0n) is 18.6. The number of fused-ring (bicyclic) bond motifs is 1. The standard InChI is InChI=1S/C25H24N4O4/c1-16-21(28-29(27-16)18-10-5-4-6-11-18)15-33-22-19-12-8-7-9-17(19)13-14-20(22)23(30)26-25(2,3)24(31)32/h4-14H,15H2,1-3H3,(H,26,30)(H,31,32). The van der Waals surface area contributed by atoms with Gasteiger partial charge >= 0.3 is 5.97 Å². The van der Waals surface area contributed by atoms with Crippen LogP contribution in [0.25, 0.3) is 16.5 Å². The van der Waals surface area contributed by atoms with E-state index in [-0.39, 0.29) is 12.2 Å². The van der Waals surface area contributed by atoms with Crippen molar-refractivity contribution >= 4 is 22.6 Å². The summed E-state index contributed by atoms with van der Waals surface area (Å²) in [6.07, 6.45) is 0. The molecule has 4 rings (SSSR count). The van der Waals surface area contributed by atoms with Gasteiger partial charge in [-0.2, -0.15) is 9.90 Å². The number of carboxylic acid groups (broad SMARTS) is 1. The van der Waals surface area contributed by atoms with Crippen LogP contribution in [-0.4, -0.2) is 37.5 Å². The molecule has 8 nitrogen and oxygen atoms in total. The number of benzene rings is 3. The highest BCUT2D eigenvalue weighted by Crippen LogP contribution is 2.31. The highest BCUT2D eigenvalue weighted by molar-refractivity contribution is 6.05. The molecule has 0 aliphatic carbocycles. The predicted molar refractivity (Wildman–Crippen MR) is 124 cm³/mol. The average molecular weight is 444 g/mol. The maximum Gasteiger partial charge on any atom is 0.328 e. The molecule has 0 saturated heterocycles. The first-order valence-electron chi connectivity index (χ1n) is 10.4. The van der Waals surface area contributed by atoms with Gasteiger partial charge < -0.3 is 15.2 Å². The molecule has 0 fully saturated rings. The molecule has 0 spiro atoms. The van der Waals surface area contributed by atoms with Crippen LogP contribution in [0.15, 0.2) is 66.7 Å². The van der Waals surface area contributed by atoms with Gasteiger partial charge in [0.05, 0.1) is 16.9 Å². The second-order valence-electron chi connectivity index (χ2n) is 8.19. The number of carbonyl (C=O) groups is 2. The third-order valence-electron chi connectivity index (χ3n) is 5.30. The summed E-state index contributed by atoms with van der Waals surface area (Å²) >= 11 is 0. The summed E-state index contributed by atoms with van der Waals surface area (Å²) < 4.78 is 6.14. The van der Waals surface area contributed by atoms with E-state index in [9.17, 15) is 14.7 Å². The van der Waals surface area contributed by atoms with Gasteiger partial charge in [-0.25, -0.2) is 4.79 Å². The molecule has 1 heterocycles. The molecule has 1 aromatic heterocycles. The fourth-order valence-corrected chi connectivity index (χ4v) is 3.34. The highest BCUT2D eigenvalue weighted by Gasteiger charge is 2.30. The van der Waals surface area contributed by atoms with Crippen molar-refractivity contribution in [2.45, 2.75) is 32.9 Å². The monoisotopic (exact) mass is 444 g/mol.